The van der Waals surface area contributed by atoms with E-state index in [0.29, 0.717) is 0 Å². The van der Waals surface area contributed by atoms with Crippen LogP contribution in [0.15, 0.2) is 0 Å². The van der Waals surface area contributed by atoms with Gasteiger partial charge in [-0.15, -0.1) is 0 Å². The van der Waals surface area contributed by atoms with Gasteiger partial charge >= 0.3 is 0 Å². The van der Waals surface area contributed by atoms with E-state index in [1.165, 1.54) is 57.8 Å². The molecule has 0 radical (unpaired) electrons. The Balaban J connectivity index is 1.67. The maximum absolute atomic E-state index is 2.43. The summed E-state index contributed by atoms with van der Waals surface area (Å²) < 4.78 is 0. The molecular formula is C17H34N2. The third kappa shape index (κ3) is 4.46. The monoisotopic (exact) mass is 266 g/mol. The van der Waals surface area contributed by atoms with Crippen LogP contribution >= 0.6 is 0 Å². The van der Waals surface area contributed by atoms with Gasteiger partial charge in [0.05, 0.1) is 0 Å². The summed E-state index contributed by atoms with van der Waals surface area (Å²) in [6, 6.07) is 1.72. The molecule has 2 aliphatic carbocycles. The number of hydrogen-bond acceptors (Lipinski definition) is 2. The Kier molecular flexibility index (Phi) is 5.70. The minimum atomic E-state index is 0.862. The lowest BCUT2D eigenvalue weighted by Gasteiger charge is -2.37. The summed E-state index contributed by atoms with van der Waals surface area (Å²) in [5.41, 5.74) is 0. The lowest BCUT2D eigenvalue weighted by atomic mass is 9.75. The molecule has 0 saturated heterocycles. The van der Waals surface area contributed by atoms with Gasteiger partial charge in [0, 0.05) is 12.1 Å². The molecule has 2 aliphatic rings. The van der Waals surface area contributed by atoms with Gasteiger partial charge in [-0.1, -0.05) is 0 Å². The molecule has 0 bridgehead atoms. The van der Waals surface area contributed by atoms with Crippen LogP contribution in [-0.4, -0.2) is 50.1 Å². The molecule has 0 unspecified atom stereocenters. The topological polar surface area (TPSA) is 6.48 Å². The highest BCUT2D eigenvalue weighted by molar-refractivity contribution is 4.82. The number of hydrogen-bond donors (Lipinski definition) is 0. The third-order valence-corrected chi connectivity index (χ3v) is 5.76. The molecule has 2 heteroatoms. The van der Waals surface area contributed by atoms with Gasteiger partial charge < -0.3 is 9.80 Å². The summed E-state index contributed by atoms with van der Waals surface area (Å²) in [4.78, 5) is 4.86. The molecular weight excluding hydrogens is 232 g/mol. The predicted molar refractivity (Wildman–Crippen MR) is 83.5 cm³/mol. The highest BCUT2D eigenvalue weighted by Gasteiger charge is 2.27. The van der Waals surface area contributed by atoms with Crippen LogP contribution in [0.2, 0.25) is 0 Å². The van der Waals surface area contributed by atoms with Gasteiger partial charge in [-0.3, -0.25) is 0 Å². The molecule has 0 aromatic heterocycles. The normalized spacial score (nSPS) is 36.9. The predicted octanol–water partition coefficient (Wildman–Crippen LogP) is 3.62. The summed E-state index contributed by atoms with van der Waals surface area (Å²) >= 11 is 0. The van der Waals surface area contributed by atoms with Gasteiger partial charge in [-0.2, -0.15) is 0 Å². The zero-order valence-electron chi connectivity index (χ0n) is 13.6. The molecule has 2 saturated carbocycles. The molecule has 0 aliphatic heterocycles. The van der Waals surface area contributed by atoms with Crippen molar-refractivity contribution in [2.24, 2.45) is 11.8 Å². The Bertz CT molecular complexity index is 220. The maximum Gasteiger partial charge on any atom is 0.00893 e. The van der Waals surface area contributed by atoms with Crippen molar-refractivity contribution in [1.82, 2.24) is 9.80 Å². The standard InChI is InChI=1S/C17H34N2/c1-18(2)16-9-5-14(6-10-16)13-15-7-11-17(12-8-15)19(3)4/h14-17H,5-13H2,1-4H3. The molecule has 2 nitrogen and oxygen atoms in total. The molecule has 2 fully saturated rings. The zero-order chi connectivity index (χ0) is 13.8. The smallest absolute Gasteiger partial charge is 0.00893 e. The van der Waals surface area contributed by atoms with Gasteiger partial charge in [0.2, 0.25) is 0 Å². The average Bonchev–Trinajstić information content (AvgIpc) is 2.40. The van der Waals surface area contributed by atoms with E-state index in [1.54, 1.807) is 0 Å². The highest BCUT2D eigenvalue weighted by Crippen LogP contribution is 2.36. The Hall–Kier alpha value is -0.0800. The van der Waals surface area contributed by atoms with Gasteiger partial charge in [0.15, 0.2) is 0 Å². The summed E-state index contributed by atoms with van der Waals surface area (Å²) in [5, 5.41) is 0. The first-order valence-corrected chi connectivity index (χ1v) is 8.39. The van der Waals surface area contributed by atoms with Crippen molar-refractivity contribution < 1.29 is 0 Å². The van der Waals surface area contributed by atoms with E-state index < -0.39 is 0 Å². The molecule has 0 amide bonds. The molecule has 19 heavy (non-hydrogen) atoms. The molecule has 0 aromatic carbocycles. The van der Waals surface area contributed by atoms with Gasteiger partial charge in [0.25, 0.3) is 0 Å². The van der Waals surface area contributed by atoms with Crippen LogP contribution in [0.3, 0.4) is 0 Å². The molecule has 112 valence electrons. The molecule has 0 N–H and O–H groups in total. The summed E-state index contributed by atoms with van der Waals surface area (Å²) in [7, 11) is 8.97. The molecule has 0 aromatic rings. The van der Waals surface area contributed by atoms with Crippen LogP contribution in [0.25, 0.3) is 0 Å². The van der Waals surface area contributed by atoms with Crippen LogP contribution in [0.5, 0.6) is 0 Å². The quantitative estimate of drug-likeness (QED) is 0.767. The van der Waals surface area contributed by atoms with Gasteiger partial charge in [-0.05, 0) is 97.8 Å². The molecule has 0 heterocycles. The van der Waals surface area contributed by atoms with Crippen molar-refractivity contribution in [3.05, 3.63) is 0 Å². The second-order valence-corrected chi connectivity index (χ2v) is 7.51. The molecule has 0 spiro atoms. The van der Waals surface area contributed by atoms with Gasteiger partial charge in [0.1, 0.15) is 0 Å². The minimum Gasteiger partial charge on any atom is -0.306 e. The van der Waals surface area contributed by atoms with E-state index >= 15 is 0 Å². The molecule has 0 atom stereocenters. The second kappa shape index (κ2) is 7.08. The zero-order valence-corrected chi connectivity index (χ0v) is 13.6. The van der Waals surface area contributed by atoms with Crippen LogP contribution in [0.1, 0.15) is 57.8 Å². The Morgan fingerprint density at radius 2 is 0.895 bits per heavy atom. The molecule has 2 rings (SSSR count). The summed E-state index contributed by atoms with van der Waals surface area (Å²) in [5.74, 6) is 2.08. The first kappa shape index (κ1) is 15.3. The van der Waals surface area contributed by atoms with Crippen LogP contribution in [0, 0.1) is 11.8 Å². The van der Waals surface area contributed by atoms with E-state index in [9.17, 15) is 0 Å². The van der Waals surface area contributed by atoms with Crippen molar-refractivity contribution >= 4 is 0 Å². The fourth-order valence-electron chi connectivity index (χ4n) is 4.27. The fraction of sp³-hybridized carbons (Fsp3) is 1.00. The lowest BCUT2D eigenvalue weighted by Crippen LogP contribution is -2.34. The van der Waals surface area contributed by atoms with E-state index in [1.807, 2.05) is 0 Å². The van der Waals surface area contributed by atoms with Crippen LogP contribution in [0.4, 0.5) is 0 Å². The third-order valence-electron chi connectivity index (χ3n) is 5.76. The Labute approximate surface area is 120 Å². The Morgan fingerprint density at radius 3 is 1.16 bits per heavy atom. The lowest BCUT2D eigenvalue weighted by molar-refractivity contribution is 0.146. The van der Waals surface area contributed by atoms with Crippen LogP contribution < -0.4 is 0 Å². The van der Waals surface area contributed by atoms with E-state index in [4.69, 9.17) is 0 Å². The maximum atomic E-state index is 2.43. The second-order valence-electron chi connectivity index (χ2n) is 7.51. The number of rotatable bonds is 4. The highest BCUT2D eigenvalue weighted by atomic mass is 15.1. The van der Waals surface area contributed by atoms with Crippen molar-refractivity contribution in [3.63, 3.8) is 0 Å². The van der Waals surface area contributed by atoms with Gasteiger partial charge in [-0.25, -0.2) is 0 Å². The first-order valence-electron chi connectivity index (χ1n) is 8.39. The van der Waals surface area contributed by atoms with Crippen molar-refractivity contribution in [2.75, 3.05) is 28.2 Å². The summed E-state index contributed by atoms with van der Waals surface area (Å²) in [6.45, 7) is 0. The van der Waals surface area contributed by atoms with Crippen molar-refractivity contribution in [2.45, 2.75) is 69.9 Å². The Morgan fingerprint density at radius 1 is 0.579 bits per heavy atom. The van der Waals surface area contributed by atoms with E-state index in [-0.39, 0.29) is 0 Å². The van der Waals surface area contributed by atoms with E-state index in [2.05, 4.69) is 38.0 Å². The SMILES string of the molecule is CN(C)C1CCC(CC2CCC(N(C)C)CC2)CC1. The largest absolute Gasteiger partial charge is 0.306 e. The van der Waals surface area contributed by atoms with Crippen molar-refractivity contribution in [3.8, 4) is 0 Å². The van der Waals surface area contributed by atoms with Crippen LogP contribution in [-0.2, 0) is 0 Å². The first-order chi connectivity index (χ1) is 9.06. The average molecular weight is 266 g/mol. The van der Waals surface area contributed by atoms with E-state index in [0.717, 1.165) is 23.9 Å². The fourth-order valence-corrected chi connectivity index (χ4v) is 4.27. The summed E-state index contributed by atoms with van der Waals surface area (Å²) in [6.07, 6.45) is 13.2. The van der Waals surface area contributed by atoms with Crippen molar-refractivity contribution in [1.29, 1.82) is 0 Å². The number of nitrogens with zero attached hydrogens (tertiary/aromatic N) is 2. The minimum absolute atomic E-state index is 0.862.